The van der Waals surface area contributed by atoms with Gasteiger partial charge < -0.3 is 9.15 Å². The smallest absolute Gasteiger partial charge is 0.270 e. The maximum atomic E-state index is 12.2. The van der Waals surface area contributed by atoms with Crippen LogP contribution in [0.5, 0.6) is 5.75 Å². The maximum Gasteiger partial charge on any atom is 0.270 e. The number of nitro benzene ring substituents is 1. The van der Waals surface area contributed by atoms with E-state index in [1.165, 1.54) is 36.2 Å². The molecule has 1 amide bonds. The third-order valence-corrected chi connectivity index (χ3v) is 5.36. The van der Waals surface area contributed by atoms with E-state index in [9.17, 15) is 14.9 Å². The molecule has 2 aromatic carbocycles. The van der Waals surface area contributed by atoms with Gasteiger partial charge in [-0.15, -0.1) is 5.10 Å². The summed E-state index contributed by atoms with van der Waals surface area (Å²) in [6.45, 7) is 0. The fraction of sp³-hybridized carbons (Fsp3) is 0.0952. The summed E-state index contributed by atoms with van der Waals surface area (Å²) in [6.07, 6.45) is 1.32. The fourth-order valence-corrected chi connectivity index (χ4v) is 3.58. The number of para-hydroxylation sites is 1. The summed E-state index contributed by atoms with van der Waals surface area (Å²) in [5.74, 6) is 0.794. The van der Waals surface area contributed by atoms with Crippen molar-refractivity contribution in [3.63, 3.8) is 0 Å². The maximum absolute atomic E-state index is 12.2. The number of nitrogens with one attached hydrogen (secondary N) is 1. The van der Waals surface area contributed by atoms with Crippen molar-refractivity contribution in [3.8, 4) is 22.8 Å². The molecule has 0 aliphatic heterocycles. The van der Waals surface area contributed by atoms with E-state index < -0.39 is 4.92 Å². The van der Waals surface area contributed by atoms with Crippen LogP contribution in [0, 0.1) is 10.1 Å². The van der Waals surface area contributed by atoms with Crippen LogP contribution in [0.2, 0.25) is 0 Å². The van der Waals surface area contributed by atoms with Crippen molar-refractivity contribution >= 4 is 29.6 Å². The molecular weight excluding hydrogens is 462 g/mol. The molecule has 34 heavy (non-hydrogen) atoms. The molecule has 0 bridgehead atoms. The molecule has 0 saturated carbocycles. The minimum Gasteiger partial charge on any atom is -0.496 e. The van der Waals surface area contributed by atoms with E-state index in [0.29, 0.717) is 28.0 Å². The first-order valence-corrected chi connectivity index (χ1v) is 10.7. The Balaban J connectivity index is 1.36. The number of carbonyl (C=O) groups is 1. The summed E-state index contributed by atoms with van der Waals surface area (Å²) < 4.78 is 12.5. The van der Waals surface area contributed by atoms with Crippen molar-refractivity contribution in [3.05, 3.63) is 76.5 Å². The van der Waals surface area contributed by atoms with Crippen LogP contribution in [0.25, 0.3) is 17.0 Å². The largest absolute Gasteiger partial charge is 0.496 e. The van der Waals surface area contributed by atoms with Crippen LogP contribution >= 0.6 is 11.8 Å². The van der Waals surface area contributed by atoms with Gasteiger partial charge in [0.15, 0.2) is 0 Å². The van der Waals surface area contributed by atoms with Gasteiger partial charge in [-0.3, -0.25) is 14.9 Å². The number of hydrogen-bond donors (Lipinski definition) is 1. The number of ether oxygens (including phenoxy) is 1. The monoisotopic (exact) mass is 479 g/mol. The number of hydrazone groups is 1. The highest BCUT2D eigenvalue weighted by Crippen LogP contribution is 2.34. The van der Waals surface area contributed by atoms with Gasteiger partial charge in [-0.25, -0.2) is 5.43 Å². The molecule has 2 aromatic heterocycles. The highest BCUT2D eigenvalue weighted by Gasteiger charge is 2.16. The molecule has 172 valence electrons. The summed E-state index contributed by atoms with van der Waals surface area (Å²) in [5.41, 5.74) is 3.52. The first-order chi connectivity index (χ1) is 16.5. The van der Waals surface area contributed by atoms with Crippen molar-refractivity contribution in [1.29, 1.82) is 0 Å². The lowest BCUT2D eigenvalue weighted by Crippen LogP contribution is -2.19. The van der Waals surface area contributed by atoms with Crippen molar-refractivity contribution in [1.82, 2.24) is 25.6 Å². The number of nitrogens with zero attached hydrogens (tertiary/aromatic N) is 6. The Morgan fingerprint density at radius 1 is 1.26 bits per heavy atom. The van der Waals surface area contributed by atoms with Gasteiger partial charge in [-0.2, -0.15) is 9.78 Å². The van der Waals surface area contributed by atoms with Crippen LogP contribution in [0.15, 0.2) is 75.3 Å². The van der Waals surface area contributed by atoms with E-state index in [0.717, 1.165) is 17.4 Å². The molecule has 0 aliphatic carbocycles. The number of benzene rings is 2. The number of methoxy groups -OCH3 is 1. The Morgan fingerprint density at radius 2 is 2.09 bits per heavy atom. The second-order valence-corrected chi connectivity index (χ2v) is 7.58. The average molecular weight is 479 g/mol. The van der Waals surface area contributed by atoms with E-state index in [-0.39, 0.29) is 17.3 Å². The van der Waals surface area contributed by atoms with Crippen LogP contribution < -0.4 is 10.2 Å². The molecule has 0 atom stereocenters. The predicted octanol–water partition coefficient (Wildman–Crippen LogP) is 3.08. The van der Waals surface area contributed by atoms with E-state index in [1.807, 2.05) is 30.3 Å². The zero-order valence-electron chi connectivity index (χ0n) is 17.7. The van der Waals surface area contributed by atoms with Gasteiger partial charge in [-0.1, -0.05) is 30.0 Å². The molecule has 1 N–H and O–H groups in total. The number of tetrazole rings is 1. The normalized spacial score (nSPS) is 11.0. The van der Waals surface area contributed by atoms with Crippen LogP contribution in [0.3, 0.4) is 0 Å². The molecule has 13 heteroatoms. The first kappa shape index (κ1) is 22.7. The number of nitro groups is 1. The van der Waals surface area contributed by atoms with E-state index in [2.05, 4.69) is 26.1 Å². The molecule has 0 unspecified atom stereocenters. The molecule has 0 aliphatic rings. The van der Waals surface area contributed by atoms with Gasteiger partial charge in [0.05, 0.1) is 35.3 Å². The lowest BCUT2D eigenvalue weighted by molar-refractivity contribution is -0.384. The molecular formula is C21H17N7O5S. The van der Waals surface area contributed by atoms with Crippen molar-refractivity contribution in [2.24, 2.45) is 5.10 Å². The van der Waals surface area contributed by atoms with Crippen LogP contribution in [-0.4, -0.2) is 50.1 Å². The highest BCUT2D eigenvalue weighted by molar-refractivity contribution is 7.99. The van der Waals surface area contributed by atoms with Gasteiger partial charge in [0, 0.05) is 12.1 Å². The number of furan rings is 1. The third kappa shape index (κ3) is 5.27. The highest BCUT2D eigenvalue weighted by atomic mass is 32.2. The zero-order valence-corrected chi connectivity index (χ0v) is 18.5. The molecule has 4 aromatic rings. The second kappa shape index (κ2) is 10.4. The Hall–Kier alpha value is -4.52. The van der Waals surface area contributed by atoms with Gasteiger partial charge in [0.2, 0.25) is 5.16 Å². The van der Waals surface area contributed by atoms with Gasteiger partial charge >= 0.3 is 0 Å². The van der Waals surface area contributed by atoms with Crippen LogP contribution in [0.4, 0.5) is 5.69 Å². The van der Waals surface area contributed by atoms with E-state index in [4.69, 9.17) is 9.15 Å². The molecule has 0 fully saturated rings. The third-order valence-electron chi connectivity index (χ3n) is 4.44. The number of thioether (sulfide) groups is 1. The molecule has 4 rings (SSSR count). The summed E-state index contributed by atoms with van der Waals surface area (Å²) in [6, 6.07) is 16.8. The Morgan fingerprint density at radius 3 is 2.85 bits per heavy atom. The standard InChI is InChI=1S/C21H17N7O5S/c1-32-18-9-7-15(28(30)31)11-17(18)19-10-8-16(33-19)12-22-23-20(29)13-34-21-24-25-26-27(21)14-5-3-2-4-6-14/h2-12H,13H2,1H3,(H,23,29)/b22-12-. The van der Waals surface area contributed by atoms with Crippen molar-refractivity contribution < 1.29 is 18.9 Å². The van der Waals surface area contributed by atoms with E-state index >= 15 is 0 Å². The summed E-state index contributed by atoms with van der Waals surface area (Å²) in [5, 5.41) is 26.9. The molecule has 0 saturated heterocycles. The summed E-state index contributed by atoms with van der Waals surface area (Å²) >= 11 is 1.16. The number of carbonyl (C=O) groups excluding carboxylic acids is 1. The first-order valence-electron chi connectivity index (χ1n) is 9.76. The second-order valence-electron chi connectivity index (χ2n) is 6.63. The number of hydrogen-bond acceptors (Lipinski definition) is 10. The fourth-order valence-electron chi connectivity index (χ4n) is 2.90. The summed E-state index contributed by atoms with van der Waals surface area (Å²) in [7, 11) is 1.46. The van der Waals surface area contributed by atoms with Crippen molar-refractivity contribution in [2.45, 2.75) is 5.16 Å². The SMILES string of the molecule is COc1ccc([N+](=O)[O-])cc1-c1ccc(/C=N\NC(=O)CSc2nnnn2-c2ccccc2)o1. The van der Waals surface area contributed by atoms with Crippen LogP contribution in [-0.2, 0) is 4.79 Å². The van der Waals surface area contributed by atoms with Crippen molar-refractivity contribution in [2.75, 3.05) is 12.9 Å². The Bertz CT molecular complexity index is 1340. The lowest BCUT2D eigenvalue weighted by Gasteiger charge is -2.05. The molecule has 12 nitrogen and oxygen atoms in total. The molecule has 2 heterocycles. The van der Waals surface area contributed by atoms with Gasteiger partial charge in [0.25, 0.3) is 11.6 Å². The number of aromatic nitrogens is 4. The topological polar surface area (TPSA) is 151 Å². The summed E-state index contributed by atoms with van der Waals surface area (Å²) in [4.78, 5) is 22.7. The van der Waals surface area contributed by atoms with E-state index in [1.54, 1.807) is 12.1 Å². The molecule has 0 spiro atoms. The quantitative estimate of drug-likeness (QED) is 0.165. The number of amides is 1. The predicted molar refractivity (Wildman–Crippen MR) is 123 cm³/mol. The number of rotatable bonds is 9. The Kier molecular flexibility index (Phi) is 6.93. The minimum absolute atomic E-state index is 0.0405. The number of non-ortho nitro benzene ring substituents is 1. The Labute approximate surface area is 196 Å². The average Bonchev–Trinajstić information content (AvgIpc) is 3.52. The van der Waals surface area contributed by atoms with Crippen LogP contribution in [0.1, 0.15) is 5.76 Å². The van der Waals surface area contributed by atoms with Gasteiger partial charge in [0.1, 0.15) is 17.3 Å². The molecule has 0 radical (unpaired) electrons. The lowest BCUT2D eigenvalue weighted by atomic mass is 10.1. The van der Waals surface area contributed by atoms with Gasteiger partial charge in [-0.05, 0) is 40.8 Å². The minimum atomic E-state index is -0.500. The zero-order chi connectivity index (χ0) is 23.9.